The Morgan fingerprint density at radius 3 is 3.04 bits per heavy atom. The normalized spacial score (nSPS) is 17.6. The zero-order valence-electron chi connectivity index (χ0n) is 14.4. The van der Waals surface area contributed by atoms with Gasteiger partial charge in [-0.25, -0.2) is 10.2 Å². The molecule has 4 heterocycles. The van der Waals surface area contributed by atoms with E-state index >= 15 is 0 Å². The van der Waals surface area contributed by atoms with E-state index in [1.165, 1.54) is 11.5 Å². The van der Waals surface area contributed by atoms with Gasteiger partial charge in [0.25, 0.3) is 6.71 Å². The molecule has 1 saturated heterocycles. The molecule has 0 bridgehead atoms. The van der Waals surface area contributed by atoms with Crippen molar-refractivity contribution in [3.05, 3.63) is 35.3 Å². The molecule has 1 fully saturated rings. The van der Waals surface area contributed by atoms with Crippen LogP contribution in [0.5, 0.6) is 0 Å². The molecule has 1 unspecified atom stereocenters. The van der Waals surface area contributed by atoms with Gasteiger partial charge in [0.05, 0.1) is 11.9 Å². The maximum Gasteiger partial charge on any atom is 0.268 e. The SMILES string of the molecule is Cc1cc(Nc2cc(C3CCCB(C#N)C3)nc3c(C)cnn23)sn1. The van der Waals surface area contributed by atoms with E-state index in [2.05, 4.69) is 26.8 Å². The second-order valence-corrected chi connectivity index (χ2v) is 7.58. The van der Waals surface area contributed by atoms with Crippen LogP contribution in [0.15, 0.2) is 18.3 Å². The fraction of sp³-hybridized carbons (Fsp3) is 0.412. The Hall–Kier alpha value is -2.40. The topological polar surface area (TPSA) is 78.9 Å². The predicted molar refractivity (Wildman–Crippen MR) is 101 cm³/mol. The summed E-state index contributed by atoms with van der Waals surface area (Å²) in [4.78, 5) is 4.87. The Kier molecular flexibility index (Phi) is 4.18. The minimum atomic E-state index is 0.142. The summed E-state index contributed by atoms with van der Waals surface area (Å²) in [7, 11) is 0. The molecule has 0 radical (unpaired) electrons. The average Bonchev–Trinajstić information content (AvgIpc) is 3.21. The van der Waals surface area contributed by atoms with E-state index in [9.17, 15) is 5.26 Å². The maximum atomic E-state index is 9.29. The molecule has 1 atom stereocenters. The molecule has 0 aliphatic carbocycles. The highest BCUT2D eigenvalue weighted by Crippen LogP contribution is 2.34. The van der Waals surface area contributed by atoms with Gasteiger partial charge in [-0.1, -0.05) is 19.1 Å². The van der Waals surface area contributed by atoms with Crippen molar-refractivity contribution in [3.63, 3.8) is 0 Å². The molecular weight excluding hydrogens is 331 g/mol. The first-order valence-corrected chi connectivity index (χ1v) is 9.36. The first-order valence-electron chi connectivity index (χ1n) is 8.59. The summed E-state index contributed by atoms with van der Waals surface area (Å²) in [6, 6.07) is 4.11. The van der Waals surface area contributed by atoms with Gasteiger partial charge >= 0.3 is 0 Å². The first-order chi connectivity index (χ1) is 12.1. The molecule has 0 saturated carbocycles. The number of nitrogens with zero attached hydrogens (tertiary/aromatic N) is 5. The summed E-state index contributed by atoms with van der Waals surface area (Å²) in [6.07, 6.45) is 5.92. The Balaban J connectivity index is 1.75. The van der Waals surface area contributed by atoms with Gasteiger partial charge in [-0.3, -0.25) is 0 Å². The third kappa shape index (κ3) is 3.12. The van der Waals surface area contributed by atoms with Crippen LogP contribution >= 0.6 is 11.5 Å². The molecule has 0 aromatic carbocycles. The number of hydrogen-bond acceptors (Lipinski definition) is 6. The summed E-state index contributed by atoms with van der Waals surface area (Å²) < 4.78 is 6.17. The standard InChI is InChI=1S/C17H19BN6S/c1-11-9-20-24-15(22-16-6-12(2)23-25-16)7-14(21-17(11)24)13-4-3-5-18(8-13)10-19/h6-7,9,13,22H,3-5,8H2,1-2H3. The first kappa shape index (κ1) is 16.1. The van der Waals surface area contributed by atoms with Gasteiger partial charge in [0.2, 0.25) is 0 Å². The van der Waals surface area contributed by atoms with E-state index in [0.29, 0.717) is 5.92 Å². The van der Waals surface area contributed by atoms with Crippen LogP contribution in [0.1, 0.15) is 35.7 Å². The summed E-state index contributed by atoms with van der Waals surface area (Å²) in [5.74, 6) is 3.67. The Bertz CT molecular complexity index is 956. The predicted octanol–water partition coefficient (Wildman–Crippen LogP) is 3.98. The molecule has 6 nitrogen and oxygen atoms in total. The maximum absolute atomic E-state index is 9.29. The van der Waals surface area contributed by atoms with Crippen LogP contribution in [0.2, 0.25) is 12.6 Å². The van der Waals surface area contributed by atoms with E-state index in [4.69, 9.17) is 4.98 Å². The molecule has 8 heteroatoms. The number of aromatic nitrogens is 4. The summed E-state index contributed by atoms with van der Waals surface area (Å²) in [5.41, 5.74) is 3.98. The third-order valence-corrected chi connectivity index (χ3v) is 5.62. The zero-order chi connectivity index (χ0) is 17.4. The number of hydrogen-bond donors (Lipinski definition) is 1. The van der Waals surface area contributed by atoms with Gasteiger partial charge in [0.15, 0.2) is 5.65 Å². The average molecular weight is 350 g/mol. The number of aryl methyl sites for hydroxylation is 2. The smallest absolute Gasteiger partial charge is 0.268 e. The molecule has 0 spiro atoms. The second-order valence-electron chi connectivity index (χ2n) is 6.78. The lowest BCUT2D eigenvalue weighted by Crippen LogP contribution is -2.21. The lowest BCUT2D eigenvalue weighted by molar-refractivity contribution is 0.614. The third-order valence-electron chi connectivity index (χ3n) is 4.82. The minimum Gasteiger partial charge on any atom is -0.331 e. The van der Waals surface area contributed by atoms with Crippen LogP contribution < -0.4 is 5.32 Å². The molecule has 0 amide bonds. The van der Waals surface area contributed by atoms with Crippen molar-refractivity contribution in [1.29, 1.82) is 5.26 Å². The highest BCUT2D eigenvalue weighted by atomic mass is 32.1. The van der Waals surface area contributed by atoms with E-state index in [1.807, 2.05) is 30.6 Å². The molecule has 1 N–H and O–H groups in total. The van der Waals surface area contributed by atoms with Crippen LogP contribution in [-0.2, 0) is 0 Å². The molecule has 3 aromatic rings. The van der Waals surface area contributed by atoms with Crippen molar-refractivity contribution < 1.29 is 0 Å². The molecule has 126 valence electrons. The van der Waals surface area contributed by atoms with Crippen molar-refractivity contribution in [1.82, 2.24) is 19.0 Å². The summed E-state index contributed by atoms with van der Waals surface area (Å²) in [6.45, 7) is 4.15. The van der Waals surface area contributed by atoms with Crippen molar-refractivity contribution in [2.45, 2.75) is 45.2 Å². The van der Waals surface area contributed by atoms with Crippen molar-refractivity contribution >= 4 is 34.7 Å². The van der Waals surface area contributed by atoms with Gasteiger partial charge < -0.3 is 5.32 Å². The Morgan fingerprint density at radius 1 is 1.40 bits per heavy atom. The van der Waals surface area contributed by atoms with Gasteiger partial charge in [-0.2, -0.15) is 14.0 Å². The van der Waals surface area contributed by atoms with Gasteiger partial charge in [-0.05, 0) is 43.8 Å². The molecule has 25 heavy (non-hydrogen) atoms. The molecule has 4 rings (SSSR count). The van der Waals surface area contributed by atoms with Crippen molar-refractivity contribution in [2.24, 2.45) is 0 Å². The van der Waals surface area contributed by atoms with Crippen LogP contribution in [0.25, 0.3) is 5.65 Å². The Labute approximate surface area is 151 Å². The molecular formula is C17H19BN6S. The molecule has 1 aliphatic heterocycles. The fourth-order valence-corrected chi connectivity index (χ4v) is 4.18. The number of rotatable bonds is 3. The zero-order valence-corrected chi connectivity index (χ0v) is 15.2. The second kappa shape index (κ2) is 6.49. The van der Waals surface area contributed by atoms with Crippen LogP contribution in [0, 0.1) is 25.1 Å². The molecule has 3 aromatic heterocycles. The minimum absolute atomic E-state index is 0.142. The quantitative estimate of drug-likeness (QED) is 0.723. The van der Waals surface area contributed by atoms with Crippen molar-refractivity contribution in [2.75, 3.05) is 5.32 Å². The summed E-state index contributed by atoms with van der Waals surface area (Å²) in [5, 5.41) is 18.2. The van der Waals surface area contributed by atoms with Gasteiger partial charge in [0.1, 0.15) is 10.8 Å². The lowest BCUT2D eigenvalue weighted by Gasteiger charge is -2.23. The number of nitriles is 1. The monoisotopic (exact) mass is 350 g/mol. The van der Waals surface area contributed by atoms with Crippen molar-refractivity contribution in [3.8, 4) is 5.97 Å². The van der Waals surface area contributed by atoms with Crippen LogP contribution in [0.4, 0.5) is 10.8 Å². The van der Waals surface area contributed by atoms with E-state index in [1.54, 1.807) is 0 Å². The van der Waals surface area contributed by atoms with E-state index in [-0.39, 0.29) is 6.71 Å². The largest absolute Gasteiger partial charge is 0.331 e. The highest BCUT2D eigenvalue weighted by molar-refractivity contribution is 7.10. The Morgan fingerprint density at radius 2 is 2.28 bits per heavy atom. The summed E-state index contributed by atoms with van der Waals surface area (Å²) >= 11 is 1.44. The molecule has 1 aliphatic rings. The highest BCUT2D eigenvalue weighted by Gasteiger charge is 2.28. The van der Waals surface area contributed by atoms with Crippen LogP contribution in [-0.4, -0.2) is 25.7 Å². The number of fused-ring (bicyclic) bond motifs is 1. The number of anilines is 2. The lowest BCUT2D eigenvalue weighted by atomic mass is 9.41. The van der Waals surface area contributed by atoms with Gasteiger partial charge in [0, 0.05) is 23.3 Å². The van der Waals surface area contributed by atoms with E-state index < -0.39 is 0 Å². The number of nitrogens with one attached hydrogen (secondary N) is 1. The van der Waals surface area contributed by atoms with Gasteiger partial charge in [-0.15, -0.1) is 0 Å². The van der Waals surface area contributed by atoms with E-state index in [0.717, 1.165) is 58.9 Å². The van der Waals surface area contributed by atoms with Crippen LogP contribution in [0.3, 0.4) is 0 Å². The fourth-order valence-electron chi connectivity index (χ4n) is 3.51.